The van der Waals surface area contributed by atoms with Crippen LogP contribution in [0.3, 0.4) is 0 Å². The minimum absolute atomic E-state index is 0.265. The van der Waals surface area contributed by atoms with E-state index >= 15 is 0 Å². The lowest BCUT2D eigenvalue weighted by Gasteiger charge is -2.26. The molecule has 0 aliphatic carbocycles. The third-order valence-corrected chi connectivity index (χ3v) is 3.40. The second-order valence-electron chi connectivity index (χ2n) is 5.04. The van der Waals surface area contributed by atoms with Gasteiger partial charge in [0.05, 0.1) is 18.2 Å². The summed E-state index contributed by atoms with van der Waals surface area (Å²) < 4.78 is 11.0. The first-order valence-corrected chi connectivity index (χ1v) is 6.83. The number of hydrogen-bond donors (Lipinski definition) is 2. The number of carbonyl (C=O) groups excluding carboxylic acids is 1. The van der Waals surface area contributed by atoms with Gasteiger partial charge < -0.3 is 20.5 Å². The van der Waals surface area contributed by atoms with Gasteiger partial charge in [0.1, 0.15) is 0 Å². The number of nitrogens with two attached hydrogens (primary N) is 1. The van der Waals surface area contributed by atoms with E-state index in [2.05, 4.69) is 5.32 Å². The van der Waals surface area contributed by atoms with Gasteiger partial charge in [0, 0.05) is 13.2 Å². The van der Waals surface area contributed by atoms with E-state index in [9.17, 15) is 4.79 Å². The summed E-state index contributed by atoms with van der Waals surface area (Å²) in [7, 11) is 0. The van der Waals surface area contributed by atoms with E-state index in [-0.39, 0.29) is 12.0 Å². The van der Waals surface area contributed by atoms with Crippen molar-refractivity contribution in [3.8, 4) is 0 Å². The van der Waals surface area contributed by atoms with Crippen molar-refractivity contribution in [2.24, 2.45) is 5.73 Å². The normalized spacial score (nSPS) is 22.9. The Kier molecular flexibility index (Phi) is 6.60. The van der Waals surface area contributed by atoms with Gasteiger partial charge in [0.15, 0.2) is 0 Å². The van der Waals surface area contributed by atoms with Crippen molar-refractivity contribution in [3.63, 3.8) is 0 Å². The molecule has 3 N–H and O–H groups in total. The molecule has 0 aromatic rings. The van der Waals surface area contributed by atoms with E-state index in [1.165, 1.54) is 0 Å². The maximum atomic E-state index is 11.4. The average molecular weight is 258 g/mol. The molecule has 5 heteroatoms. The van der Waals surface area contributed by atoms with Crippen molar-refractivity contribution >= 4 is 5.91 Å². The summed E-state index contributed by atoms with van der Waals surface area (Å²) in [4.78, 5) is 11.4. The molecule has 1 fully saturated rings. The lowest BCUT2D eigenvalue weighted by Crippen LogP contribution is -2.53. The molecule has 1 aliphatic heterocycles. The van der Waals surface area contributed by atoms with E-state index in [0.717, 1.165) is 32.4 Å². The molecule has 2 atom stereocenters. The van der Waals surface area contributed by atoms with Crippen LogP contribution in [0.15, 0.2) is 0 Å². The minimum atomic E-state index is -0.623. The number of nitrogens with one attached hydrogen (secondary N) is 1. The highest BCUT2D eigenvalue weighted by molar-refractivity contribution is 5.84. The fraction of sp³-hybridized carbons (Fsp3) is 0.923. The fourth-order valence-electron chi connectivity index (χ4n) is 2.21. The largest absolute Gasteiger partial charge is 0.379 e. The second kappa shape index (κ2) is 7.71. The van der Waals surface area contributed by atoms with Crippen molar-refractivity contribution in [1.29, 1.82) is 0 Å². The van der Waals surface area contributed by atoms with Gasteiger partial charge in [0.25, 0.3) is 0 Å². The zero-order valence-electron chi connectivity index (χ0n) is 11.5. The quantitative estimate of drug-likeness (QED) is 0.600. The van der Waals surface area contributed by atoms with Gasteiger partial charge in [-0.1, -0.05) is 6.92 Å². The fourth-order valence-corrected chi connectivity index (χ4v) is 2.21. The summed E-state index contributed by atoms with van der Waals surface area (Å²) in [6, 6.07) is 0. The van der Waals surface area contributed by atoms with Crippen molar-refractivity contribution < 1.29 is 14.3 Å². The van der Waals surface area contributed by atoms with Gasteiger partial charge >= 0.3 is 0 Å². The van der Waals surface area contributed by atoms with Gasteiger partial charge in [-0.15, -0.1) is 0 Å². The summed E-state index contributed by atoms with van der Waals surface area (Å²) in [5.74, 6) is -0.302. The maximum Gasteiger partial charge on any atom is 0.237 e. The molecule has 106 valence electrons. The highest BCUT2D eigenvalue weighted by atomic mass is 16.5. The molecule has 1 saturated heterocycles. The van der Waals surface area contributed by atoms with Crippen LogP contribution in [0, 0.1) is 0 Å². The molecule has 0 aromatic carbocycles. The second-order valence-corrected chi connectivity index (χ2v) is 5.04. The Bertz CT molecular complexity index is 255. The predicted octanol–water partition coefficient (Wildman–Crippen LogP) is 0.816. The minimum Gasteiger partial charge on any atom is -0.379 e. The zero-order chi connectivity index (χ0) is 13.4. The number of amides is 1. The monoisotopic (exact) mass is 258 g/mol. The van der Waals surface area contributed by atoms with Crippen molar-refractivity contribution in [2.75, 3.05) is 26.4 Å². The molecule has 0 radical (unpaired) electrons. The first-order chi connectivity index (χ1) is 8.58. The van der Waals surface area contributed by atoms with E-state index < -0.39 is 5.54 Å². The number of hydrogen-bond acceptors (Lipinski definition) is 4. The Morgan fingerprint density at radius 2 is 2.39 bits per heavy atom. The molecular weight excluding hydrogens is 232 g/mol. The van der Waals surface area contributed by atoms with Crippen LogP contribution >= 0.6 is 0 Å². The summed E-state index contributed by atoms with van der Waals surface area (Å²) >= 11 is 0. The van der Waals surface area contributed by atoms with Crippen LogP contribution in [-0.2, 0) is 14.3 Å². The topological polar surface area (TPSA) is 73.6 Å². The number of carbonyl (C=O) groups is 1. The molecule has 2 unspecified atom stereocenters. The number of ether oxygens (including phenoxy) is 2. The molecule has 0 aromatic heterocycles. The predicted molar refractivity (Wildman–Crippen MR) is 70.3 cm³/mol. The zero-order valence-corrected chi connectivity index (χ0v) is 11.5. The molecule has 1 aliphatic rings. The molecule has 0 saturated carbocycles. The molecule has 1 rings (SSSR count). The third kappa shape index (κ3) is 4.92. The Morgan fingerprint density at radius 1 is 1.61 bits per heavy atom. The average Bonchev–Trinajstić information content (AvgIpc) is 2.81. The van der Waals surface area contributed by atoms with Crippen LogP contribution in [0.5, 0.6) is 0 Å². The van der Waals surface area contributed by atoms with Crippen LogP contribution in [0.4, 0.5) is 0 Å². The van der Waals surface area contributed by atoms with E-state index in [0.29, 0.717) is 19.6 Å². The standard InChI is InChI=1S/C13H26N2O3/c1-3-15-13(2,12(14)16)7-5-8-17-10-11-6-4-9-18-11/h11,15H,3-10H2,1-2H3,(H2,14,16). The summed E-state index contributed by atoms with van der Waals surface area (Å²) in [6.07, 6.45) is 4.01. The summed E-state index contributed by atoms with van der Waals surface area (Å²) in [6.45, 7) is 6.71. The maximum absolute atomic E-state index is 11.4. The Labute approximate surface area is 109 Å². The Balaban J connectivity index is 2.12. The van der Waals surface area contributed by atoms with Gasteiger partial charge in [0.2, 0.25) is 5.91 Å². The van der Waals surface area contributed by atoms with Crippen LogP contribution < -0.4 is 11.1 Å². The molecule has 18 heavy (non-hydrogen) atoms. The first kappa shape index (κ1) is 15.4. The van der Waals surface area contributed by atoms with E-state index in [1.807, 2.05) is 13.8 Å². The van der Waals surface area contributed by atoms with E-state index in [4.69, 9.17) is 15.2 Å². The van der Waals surface area contributed by atoms with Gasteiger partial charge in [-0.3, -0.25) is 4.79 Å². The van der Waals surface area contributed by atoms with Gasteiger partial charge in [-0.2, -0.15) is 0 Å². The number of likely N-dealkylation sites (N-methyl/N-ethyl adjacent to an activating group) is 1. The molecule has 0 spiro atoms. The highest BCUT2D eigenvalue weighted by Gasteiger charge is 2.29. The van der Waals surface area contributed by atoms with Crippen LogP contribution in [0.1, 0.15) is 39.5 Å². The first-order valence-electron chi connectivity index (χ1n) is 6.83. The smallest absolute Gasteiger partial charge is 0.237 e. The summed E-state index contributed by atoms with van der Waals surface area (Å²) in [5, 5.41) is 3.14. The Morgan fingerprint density at radius 3 is 2.94 bits per heavy atom. The molecule has 1 amide bonds. The number of rotatable bonds is 9. The van der Waals surface area contributed by atoms with Gasteiger partial charge in [-0.05, 0) is 39.2 Å². The van der Waals surface area contributed by atoms with E-state index in [1.54, 1.807) is 0 Å². The SMILES string of the molecule is CCNC(C)(CCCOCC1CCCO1)C(N)=O. The van der Waals surface area contributed by atoms with Crippen LogP contribution in [-0.4, -0.2) is 43.9 Å². The van der Waals surface area contributed by atoms with Crippen molar-refractivity contribution in [1.82, 2.24) is 5.32 Å². The molecule has 5 nitrogen and oxygen atoms in total. The molecule has 1 heterocycles. The highest BCUT2D eigenvalue weighted by Crippen LogP contribution is 2.14. The summed E-state index contributed by atoms with van der Waals surface area (Å²) in [5.41, 5.74) is 4.79. The van der Waals surface area contributed by atoms with Crippen molar-refractivity contribution in [2.45, 2.75) is 51.2 Å². The molecule has 0 bridgehead atoms. The number of primary amides is 1. The van der Waals surface area contributed by atoms with Crippen LogP contribution in [0.2, 0.25) is 0 Å². The van der Waals surface area contributed by atoms with Crippen LogP contribution in [0.25, 0.3) is 0 Å². The van der Waals surface area contributed by atoms with Crippen molar-refractivity contribution in [3.05, 3.63) is 0 Å². The Hall–Kier alpha value is -0.650. The lowest BCUT2D eigenvalue weighted by molar-refractivity contribution is -0.124. The lowest BCUT2D eigenvalue weighted by atomic mass is 9.95. The molecular formula is C13H26N2O3. The van der Waals surface area contributed by atoms with Gasteiger partial charge in [-0.25, -0.2) is 0 Å². The third-order valence-electron chi connectivity index (χ3n) is 3.40.